The second-order valence-electron chi connectivity index (χ2n) is 1.49. The number of hydrogen-bond donors (Lipinski definition) is 1. The first-order valence-corrected chi connectivity index (χ1v) is 3.09. The van der Waals surface area contributed by atoms with Crippen molar-refractivity contribution in [1.29, 1.82) is 5.41 Å². The van der Waals surface area contributed by atoms with Gasteiger partial charge < -0.3 is 9.47 Å². The van der Waals surface area contributed by atoms with Crippen LogP contribution in [0, 0.1) is 5.41 Å². The largest absolute Gasteiger partial charge is 0.480 e. The summed E-state index contributed by atoms with van der Waals surface area (Å²) in [4.78, 5) is 0. The van der Waals surface area contributed by atoms with E-state index in [1.165, 1.54) is 0 Å². The first kappa shape index (κ1) is 8.43. The molecule has 0 bridgehead atoms. The lowest BCUT2D eigenvalue weighted by molar-refractivity contribution is 0.162. The minimum absolute atomic E-state index is 0.208. The summed E-state index contributed by atoms with van der Waals surface area (Å²) in [6.45, 7) is 5.21. The van der Waals surface area contributed by atoms with Crippen LogP contribution in [0.25, 0.3) is 0 Å². The lowest BCUT2D eigenvalue weighted by Crippen LogP contribution is -2.11. The molecule has 3 heteroatoms. The minimum atomic E-state index is 0.208. The van der Waals surface area contributed by atoms with Gasteiger partial charge in [0.05, 0.1) is 6.61 Å². The Morgan fingerprint density at radius 3 is 2.44 bits per heavy atom. The van der Waals surface area contributed by atoms with Gasteiger partial charge in [0.15, 0.2) is 0 Å². The normalized spacial score (nSPS) is 9.11. The highest BCUT2D eigenvalue weighted by Crippen LogP contribution is 1.80. The van der Waals surface area contributed by atoms with Crippen LogP contribution >= 0.6 is 0 Å². The molecule has 0 fully saturated rings. The monoisotopic (exact) mass is 131 g/mol. The molecule has 0 aromatic heterocycles. The fraction of sp³-hybridized carbons (Fsp3) is 0.833. The van der Waals surface area contributed by atoms with Gasteiger partial charge in [-0.15, -0.1) is 0 Å². The lowest BCUT2D eigenvalue weighted by Gasteiger charge is -2.02. The van der Waals surface area contributed by atoms with Crippen LogP contribution < -0.4 is 0 Å². The minimum Gasteiger partial charge on any atom is -0.480 e. The van der Waals surface area contributed by atoms with E-state index in [9.17, 15) is 0 Å². The topological polar surface area (TPSA) is 42.3 Å². The van der Waals surface area contributed by atoms with Gasteiger partial charge in [-0.3, -0.25) is 5.41 Å². The average molecular weight is 131 g/mol. The van der Waals surface area contributed by atoms with Gasteiger partial charge in [-0.1, -0.05) is 0 Å². The van der Waals surface area contributed by atoms with E-state index in [1.54, 1.807) is 0 Å². The van der Waals surface area contributed by atoms with Crippen LogP contribution in [-0.2, 0) is 9.47 Å². The maximum Gasteiger partial charge on any atom is 0.207 e. The quantitative estimate of drug-likeness (QED) is 0.457. The van der Waals surface area contributed by atoms with Crippen LogP contribution in [-0.4, -0.2) is 25.7 Å². The van der Waals surface area contributed by atoms with Crippen LogP contribution in [0.1, 0.15) is 13.8 Å². The summed E-state index contributed by atoms with van der Waals surface area (Å²) in [6.07, 6.45) is 0. The summed E-state index contributed by atoms with van der Waals surface area (Å²) in [5.41, 5.74) is 0. The molecule has 54 valence electrons. The Morgan fingerprint density at radius 1 is 1.33 bits per heavy atom. The Balaban J connectivity index is 3.06. The van der Waals surface area contributed by atoms with Crippen molar-refractivity contribution in [2.24, 2.45) is 0 Å². The van der Waals surface area contributed by atoms with Gasteiger partial charge in [0.2, 0.25) is 5.90 Å². The van der Waals surface area contributed by atoms with Gasteiger partial charge in [-0.05, 0) is 13.8 Å². The molecule has 0 aromatic carbocycles. The van der Waals surface area contributed by atoms with E-state index in [0.29, 0.717) is 19.8 Å². The molecule has 0 aromatic rings. The molecule has 9 heavy (non-hydrogen) atoms. The Hall–Kier alpha value is -0.570. The van der Waals surface area contributed by atoms with Crippen molar-refractivity contribution in [3.63, 3.8) is 0 Å². The first-order valence-electron chi connectivity index (χ1n) is 3.09. The Labute approximate surface area is 55.5 Å². The van der Waals surface area contributed by atoms with Crippen molar-refractivity contribution in [2.45, 2.75) is 13.8 Å². The average Bonchev–Trinajstić information content (AvgIpc) is 1.85. The molecule has 0 aliphatic carbocycles. The molecule has 0 rings (SSSR count). The Bertz CT molecular complexity index is 83.1. The molecule has 0 saturated heterocycles. The molecule has 0 unspecified atom stereocenters. The summed E-state index contributed by atoms with van der Waals surface area (Å²) in [6, 6.07) is 0. The van der Waals surface area contributed by atoms with Crippen molar-refractivity contribution in [2.75, 3.05) is 19.8 Å². The summed E-state index contributed by atoms with van der Waals surface area (Å²) < 4.78 is 9.70. The van der Waals surface area contributed by atoms with Crippen molar-refractivity contribution < 1.29 is 9.47 Å². The zero-order valence-corrected chi connectivity index (χ0v) is 5.94. The number of rotatable bonds is 4. The highest BCUT2D eigenvalue weighted by molar-refractivity contribution is 5.73. The van der Waals surface area contributed by atoms with Crippen molar-refractivity contribution in [3.8, 4) is 0 Å². The number of ether oxygens (including phenoxy) is 2. The van der Waals surface area contributed by atoms with Crippen LogP contribution in [0.2, 0.25) is 0 Å². The van der Waals surface area contributed by atoms with Crippen LogP contribution in [0.4, 0.5) is 0 Å². The predicted octanol–water partition coefficient (Wildman–Crippen LogP) is 1.04. The van der Waals surface area contributed by atoms with Crippen molar-refractivity contribution >= 4 is 5.90 Å². The summed E-state index contributed by atoms with van der Waals surface area (Å²) in [5.74, 6) is 0.208. The number of hydrogen-bond acceptors (Lipinski definition) is 3. The maximum atomic E-state index is 7.04. The molecule has 0 saturated carbocycles. The molecule has 0 aliphatic heterocycles. The van der Waals surface area contributed by atoms with Gasteiger partial charge in [0, 0.05) is 6.61 Å². The highest BCUT2D eigenvalue weighted by Gasteiger charge is 1.92. The van der Waals surface area contributed by atoms with Gasteiger partial charge in [0.25, 0.3) is 0 Å². The fourth-order valence-electron chi connectivity index (χ4n) is 0.411. The smallest absolute Gasteiger partial charge is 0.207 e. The number of nitrogens with one attached hydrogen (secondary N) is 1. The third-order valence-electron chi connectivity index (χ3n) is 0.756. The molecular formula is C6H13NO2. The SMILES string of the molecule is CCOCC(=N)OCC. The zero-order chi connectivity index (χ0) is 7.11. The second kappa shape index (κ2) is 5.56. The van der Waals surface area contributed by atoms with E-state index in [4.69, 9.17) is 14.9 Å². The molecule has 0 radical (unpaired) electrons. The standard InChI is InChI=1S/C6H13NO2/c1-3-8-5-6(7)9-4-2/h7H,3-5H2,1-2H3. The van der Waals surface area contributed by atoms with Gasteiger partial charge in [0.1, 0.15) is 6.61 Å². The maximum absolute atomic E-state index is 7.04. The van der Waals surface area contributed by atoms with Crippen molar-refractivity contribution in [3.05, 3.63) is 0 Å². The molecule has 1 N–H and O–H groups in total. The summed E-state index contributed by atoms with van der Waals surface area (Å²) >= 11 is 0. The van der Waals surface area contributed by atoms with Gasteiger partial charge in [-0.25, -0.2) is 0 Å². The predicted molar refractivity (Wildman–Crippen MR) is 35.8 cm³/mol. The molecular weight excluding hydrogens is 118 g/mol. The third kappa shape index (κ3) is 5.30. The van der Waals surface area contributed by atoms with Crippen LogP contribution in [0.5, 0.6) is 0 Å². The molecule has 0 heterocycles. The van der Waals surface area contributed by atoms with E-state index in [1.807, 2.05) is 13.8 Å². The van der Waals surface area contributed by atoms with Gasteiger partial charge in [-0.2, -0.15) is 0 Å². The second-order valence-corrected chi connectivity index (χ2v) is 1.49. The van der Waals surface area contributed by atoms with E-state index < -0.39 is 0 Å². The van der Waals surface area contributed by atoms with Crippen LogP contribution in [0.15, 0.2) is 0 Å². The van der Waals surface area contributed by atoms with E-state index >= 15 is 0 Å². The molecule has 0 atom stereocenters. The Morgan fingerprint density at radius 2 is 2.00 bits per heavy atom. The Kier molecular flexibility index (Phi) is 5.21. The van der Waals surface area contributed by atoms with Gasteiger partial charge >= 0.3 is 0 Å². The lowest BCUT2D eigenvalue weighted by atomic mass is 10.7. The van der Waals surface area contributed by atoms with E-state index in [-0.39, 0.29) is 5.90 Å². The molecule has 3 nitrogen and oxygen atoms in total. The first-order chi connectivity index (χ1) is 4.31. The summed E-state index contributed by atoms with van der Waals surface area (Å²) in [5, 5.41) is 7.04. The summed E-state index contributed by atoms with van der Waals surface area (Å²) in [7, 11) is 0. The third-order valence-corrected chi connectivity index (χ3v) is 0.756. The molecule has 0 aliphatic rings. The fourth-order valence-corrected chi connectivity index (χ4v) is 0.411. The highest BCUT2D eigenvalue weighted by atomic mass is 16.5. The van der Waals surface area contributed by atoms with Crippen molar-refractivity contribution in [1.82, 2.24) is 0 Å². The molecule has 0 amide bonds. The molecule has 0 spiro atoms. The zero-order valence-electron chi connectivity index (χ0n) is 5.94. The van der Waals surface area contributed by atoms with E-state index in [2.05, 4.69) is 0 Å². The van der Waals surface area contributed by atoms with E-state index in [0.717, 1.165) is 0 Å². The van der Waals surface area contributed by atoms with Crippen LogP contribution in [0.3, 0.4) is 0 Å².